The molecular formula is C12H16BrN5O. The zero-order valence-corrected chi connectivity index (χ0v) is 13.0. The highest BCUT2D eigenvalue weighted by Gasteiger charge is 2.21. The SMILES string of the molecule is Cc1nn(C)c(C(=O)N(C)Cc2cnn(C)c2)c1Br. The van der Waals surface area contributed by atoms with Crippen molar-refractivity contribution in [2.24, 2.45) is 14.1 Å². The van der Waals surface area contributed by atoms with Gasteiger partial charge in [-0.2, -0.15) is 10.2 Å². The number of carbonyl (C=O) groups is 1. The van der Waals surface area contributed by atoms with E-state index in [1.54, 1.807) is 34.6 Å². The van der Waals surface area contributed by atoms with Crippen LogP contribution < -0.4 is 0 Å². The Morgan fingerprint density at radius 1 is 1.47 bits per heavy atom. The summed E-state index contributed by atoms with van der Waals surface area (Å²) in [5, 5.41) is 8.32. The van der Waals surface area contributed by atoms with Crippen LogP contribution in [-0.2, 0) is 20.6 Å². The molecule has 0 aromatic carbocycles. The molecule has 0 fully saturated rings. The fourth-order valence-electron chi connectivity index (χ4n) is 1.94. The van der Waals surface area contributed by atoms with E-state index < -0.39 is 0 Å². The van der Waals surface area contributed by atoms with Crippen molar-refractivity contribution in [3.63, 3.8) is 0 Å². The van der Waals surface area contributed by atoms with E-state index in [0.717, 1.165) is 15.7 Å². The van der Waals surface area contributed by atoms with E-state index in [1.165, 1.54) is 0 Å². The maximum atomic E-state index is 12.4. The highest BCUT2D eigenvalue weighted by molar-refractivity contribution is 9.10. The first kappa shape index (κ1) is 13.8. The summed E-state index contributed by atoms with van der Waals surface area (Å²) in [7, 11) is 5.39. The van der Waals surface area contributed by atoms with Gasteiger partial charge in [0.2, 0.25) is 0 Å². The lowest BCUT2D eigenvalue weighted by Gasteiger charge is -2.16. The summed E-state index contributed by atoms with van der Waals surface area (Å²) in [6.45, 7) is 2.38. The first-order valence-corrected chi connectivity index (χ1v) is 6.61. The zero-order chi connectivity index (χ0) is 14.2. The van der Waals surface area contributed by atoms with Crippen LogP contribution in [0.4, 0.5) is 0 Å². The van der Waals surface area contributed by atoms with Crippen LogP contribution >= 0.6 is 15.9 Å². The Bertz CT molecular complexity index is 616. The van der Waals surface area contributed by atoms with Crippen molar-refractivity contribution < 1.29 is 4.79 Å². The Kier molecular flexibility index (Phi) is 3.75. The topological polar surface area (TPSA) is 56.0 Å². The van der Waals surface area contributed by atoms with E-state index in [2.05, 4.69) is 26.1 Å². The predicted molar refractivity (Wildman–Crippen MR) is 74.7 cm³/mol. The highest BCUT2D eigenvalue weighted by Crippen LogP contribution is 2.21. The Hall–Kier alpha value is -1.63. The van der Waals surface area contributed by atoms with Crippen LogP contribution in [0.1, 0.15) is 21.7 Å². The minimum absolute atomic E-state index is 0.0705. The Morgan fingerprint density at radius 2 is 2.16 bits per heavy atom. The molecule has 19 heavy (non-hydrogen) atoms. The second-order valence-electron chi connectivity index (χ2n) is 4.56. The maximum Gasteiger partial charge on any atom is 0.273 e. The second-order valence-corrected chi connectivity index (χ2v) is 5.35. The summed E-state index contributed by atoms with van der Waals surface area (Å²) in [5.74, 6) is -0.0705. The minimum Gasteiger partial charge on any atom is -0.336 e. The van der Waals surface area contributed by atoms with E-state index in [9.17, 15) is 4.79 Å². The van der Waals surface area contributed by atoms with Crippen LogP contribution in [0.3, 0.4) is 0 Å². The molecule has 2 aromatic heterocycles. The van der Waals surface area contributed by atoms with Crippen LogP contribution in [0, 0.1) is 6.92 Å². The van der Waals surface area contributed by atoms with Gasteiger partial charge < -0.3 is 4.90 Å². The van der Waals surface area contributed by atoms with Crippen molar-refractivity contribution in [2.75, 3.05) is 7.05 Å². The van der Waals surface area contributed by atoms with Gasteiger partial charge in [-0.25, -0.2) is 0 Å². The molecule has 0 aliphatic carbocycles. The van der Waals surface area contributed by atoms with Gasteiger partial charge in [-0.3, -0.25) is 14.2 Å². The van der Waals surface area contributed by atoms with E-state index in [0.29, 0.717) is 12.2 Å². The molecule has 0 spiro atoms. The molecule has 7 heteroatoms. The lowest BCUT2D eigenvalue weighted by molar-refractivity contribution is 0.0773. The number of aryl methyl sites for hydroxylation is 3. The molecule has 6 nitrogen and oxygen atoms in total. The molecule has 1 amide bonds. The van der Waals surface area contributed by atoms with Crippen LogP contribution in [0.25, 0.3) is 0 Å². The Balaban J connectivity index is 2.19. The fourth-order valence-corrected chi connectivity index (χ4v) is 2.45. The molecule has 0 bridgehead atoms. The maximum absolute atomic E-state index is 12.4. The molecule has 0 aliphatic rings. The van der Waals surface area contributed by atoms with Gasteiger partial charge in [-0.1, -0.05) is 0 Å². The number of hydrogen-bond acceptors (Lipinski definition) is 3. The van der Waals surface area contributed by atoms with Gasteiger partial charge in [-0.15, -0.1) is 0 Å². The van der Waals surface area contributed by atoms with Gasteiger partial charge in [-0.05, 0) is 22.9 Å². The number of halogens is 1. The summed E-state index contributed by atoms with van der Waals surface area (Å²) < 4.78 is 4.07. The van der Waals surface area contributed by atoms with Crippen molar-refractivity contribution in [2.45, 2.75) is 13.5 Å². The minimum atomic E-state index is -0.0705. The lowest BCUT2D eigenvalue weighted by atomic mass is 10.3. The molecule has 2 heterocycles. The summed E-state index contributed by atoms with van der Waals surface area (Å²) in [5.41, 5.74) is 2.36. The normalized spacial score (nSPS) is 10.8. The van der Waals surface area contributed by atoms with E-state index in [1.807, 2.05) is 20.2 Å². The van der Waals surface area contributed by atoms with E-state index in [-0.39, 0.29) is 5.91 Å². The van der Waals surface area contributed by atoms with Gasteiger partial charge in [0.15, 0.2) is 0 Å². The molecule has 2 aromatic rings. The molecule has 102 valence electrons. The number of carbonyl (C=O) groups excluding carboxylic acids is 1. The number of rotatable bonds is 3. The molecule has 0 saturated carbocycles. The summed E-state index contributed by atoms with van der Waals surface area (Å²) in [4.78, 5) is 14.1. The summed E-state index contributed by atoms with van der Waals surface area (Å²) in [6, 6.07) is 0. The van der Waals surface area contributed by atoms with Crippen molar-refractivity contribution in [1.29, 1.82) is 0 Å². The van der Waals surface area contributed by atoms with Crippen molar-refractivity contribution in [3.8, 4) is 0 Å². The van der Waals surface area contributed by atoms with Crippen LogP contribution in [-0.4, -0.2) is 37.4 Å². The van der Waals surface area contributed by atoms with Crippen LogP contribution in [0.2, 0.25) is 0 Å². The van der Waals surface area contributed by atoms with Gasteiger partial charge in [0.1, 0.15) is 5.69 Å². The van der Waals surface area contributed by atoms with Crippen LogP contribution in [0.5, 0.6) is 0 Å². The smallest absolute Gasteiger partial charge is 0.273 e. The van der Waals surface area contributed by atoms with Crippen molar-refractivity contribution >= 4 is 21.8 Å². The third kappa shape index (κ3) is 2.70. The summed E-state index contributed by atoms with van der Waals surface area (Å²) in [6.07, 6.45) is 3.65. The number of hydrogen-bond donors (Lipinski definition) is 0. The van der Waals surface area contributed by atoms with Crippen LogP contribution in [0.15, 0.2) is 16.9 Å². The molecule has 2 rings (SSSR count). The standard InChI is InChI=1S/C12H16BrN5O/c1-8-10(13)11(18(4)15-8)12(19)16(2)6-9-5-14-17(3)7-9/h5,7H,6H2,1-4H3. The second kappa shape index (κ2) is 5.16. The van der Waals surface area contributed by atoms with E-state index in [4.69, 9.17) is 0 Å². The van der Waals surface area contributed by atoms with Gasteiger partial charge in [0.05, 0.1) is 16.4 Å². The molecule has 0 aliphatic heterocycles. The highest BCUT2D eigenvalue weighted by atomic mass is 79.9. The fraction of sp³-hybridized carbons (Fsp3) is 0.417. The molecule has 0 saturated heterocycles. The van der Waals surface area contributed by atoms with Crippen molar-refractivity contribution in [3.05, 3.63) is 33.8 Å². The molecular weight excluding hydrogens is 310 g/mol. The average Bonchev–Trinajstić information content (AvgIpc) is 2.84. The van der Waals surface area contributed by atoms with Gasteiger partial charge in [0.25, 0.3) is 5.91 Å². The molecule has 0 N–H and O–H groups in total. The Morgan fingerprint density at radius 3 is 2.63 bits per heavy atom. The average molecular weight is 326 g/mol. The van der Waals surface area contributed by atoms with Crippen molar-refractivity contribution in [1.82, 2.24) is 24.5 Å². The zero-order valence-electron chi connectivity index (χ0n) is 11.4. The lowest BCUT2D eigenvalue weighted by Crippen LogP contribution is -2.28. The molecule has 0 unspecified atom stereocenters. The Labute approximate surface area is 120 Å². The predicted octanol–water partition coefficient (Wildman–Crippen LogP) is 1.50. The molecule has 0 atom stereocenters. The summed E-state index contributed by atoms with van der Waals surface area (Å²) >= 11 is 3.41. The third-order valence-electron chi connectivity index (χ3n) is 2.88. The third-order valence-corrected chi connectivity index (χ3v) is 3.83. The number of aromatic nitrogens is 4. The quantitative estimate of drug-likeness (QED) is 0.859. The first-order chi connectivity index (χ1) is 8.90. The van der Waals surface area contributed by atoms with Gasteiger partial charge >= 0.3 is 0 Å². The van der Waals surface area contributed by atoms with Gasteiger partial charge in [0, 0.05) is 39.4 Å². The largest absolute Gasteiger partial charge is 0.336 e. The van der Waals surface area contributed by atoms with E-state index >= 15 is 0 Å². The first-order valence-electron chi connectivity index (χ1n) is 5.82. The number of nitrogens with zero attached hydrogens (tertiary/aromatic N) is 5. The number of amides is 1. The molecule has 0 radical (unpaired) electrons. The monoisotopic (exact) mass is 325 g/mol.